The van der Waals surface area contributed by atoms with Crippen LogP contribution >= 0.6 is 27.5 Å². The molecule has 0 aliphatic rings. The summed E-state index contributed by atoms with van der Waals surface area (Å²) in [5.41, 5.74) is 3.66. The number of benzene rings is 3. The van der Waals surface area contributed by atoms with Gasteiger partial charge in [0, 0.05) is 9.50 Å². The van der Waals surface area contributed by atoms with Crippen molar-refractivity contribution in [1.82, 2.24) is 9.13 Å². The number of rotatable bonds is 6. The molecule has 4 aromatic rings. The Labute approximate surface area is 176 Å². The Morgan fingerprint density at radius 3 is 2.21 bits per heavy atom. The Hall–Kier alpha value is -2.50. The van der Waals surface area contributed by atoms with Gasteiger partial charge >= 0.3 is 0 Å². The summed E-state index contributed by atoms with van der Waals surface area (Å²) in [5, 5.41) is 9.43. The molecule has 0 aliphatic carbocycles. The molecule has 0 unspecified atom stereocenters. The average Bonchev–Trinajstić information content (AvgIpc) is 2.97. The minimum absolute atomic E-state index is 0.455. The number of nitrogens with one attached hydrogen (secondary N) is 1. The molecule has 4 rings (SSSR count). The van der Waals surface area contributed by atoms with E-state index in [0.717, 1.165) is 26.8 Å². The Balaban J connectivity index is 1.62. The molecule has 6 heteroatoms. The largest absolute Gasteiger partial charge is 0.492 e. The van der Waals surface area contributed by atoms with Gasteiger partial charge in [0.25, 0.3) is 0 Å². The zero-order valence-corrected chi connectivity index (χ0v) is 17.5. The molecule has 0 radical (unpaired) electrons. The third-order valence-electron chi connectivity index (χ3n) is 4.66. The minimum Gasteiger partial charge on any atom is -0.492 e. The van der Waals surface area contributed by atoms with Crippen LogP contribution in [0.4, 0.5) is 0 Å². The first-order valence-corrected chi connectivity index (χ1v) is 10.1. The van der Waals surface area contributed by atoms with E-state index in [2.05, 4.69) is 28.1 Å². The lowest BCUT2D eigenvalue weighted by atomic mass is 10.2. The number of aromatic nitrogens is 2. The van der Waals surface area contributed by atoms with Crippen LogP contribution in [-0.4, -0.2) is 15.7 Å². The van der Waals surface area contributed by atoms with Gasteiger partial charge < -0.3 is 13.9 Å². The fourth-order valence-electron chi connectivity index (χ4n) is 3.26. The van der Waals surface area contributed by atoms with Crippen molar-refractivity contribution in [3.8, 4) is 5.75 Å². The third-order valence-corrected chi connectivity index (χ3v) is 5.68. The zero-order chi connectivity index (χ0) is 19.5. The van der Waals surface area contributed by atoms with E-state index in [4.69, 9.17) is 21.7 Å². The maximum absolute atomic E-state index is 8.74. The van der Waals surface area contributed by atoms with E-state index < -0.39 is 0 Å². The smallest absolute Gasteiger partial charge is 0.203 e. The number of hydrogen-bond acceptors (Lipinski definition) is 2. The van der Waals surface area contributed by atoms with E-state index in [9.17, 15) is 0 Å². The Morgan fingerprint density at radius 1 is 0.857 bits per heavy atom. The fraction of sp³-hybridized carbons (Fsp3) is 0.136. The Bertz CT molecular complexity index is 1160. The van der Waals surface area contributed by atoms with Crippen LogP contribution in [0.1, 0.15) is 5.56 Å². The van der Waals surface area contributed by atoms with Crippen LogP contribution in [0.15, 0.2) is 77.3 Å². The van der Waals surface area contributed by atoms with Crippen molar-refractivity contribution in [3.63, 3.8) is 0 Å². The Kier molecular flexibility index (Phi) is 5.55. The molecule has 0 aliphatic heterocycles. The lowest BCUT2D eigenvalue weighted by molar-refractivity contribution is 0.296. The lowest BCUT2D eigenvalue weighted by Crippen LogP contribution is -2.27. The third kappa shape index (κ3) is 3.86. The summed E-state index contributed by atoms with van der Waals surface area (Å²) in [6.45, 7) is 1.69. The van der Waals surface area contributed by atoms with Gasteiger partial charge in [0.2, 0.25) is 5.62 Å². The summed E-state index contributed by atoms with van der Waals surface area (Å²) >= 11 is 9.53. The van der Waals surface area contributed by atoms with Crippen molar-refractivity contribution in [2.45, 2.75) is 13.1 Å². The monoisotopic (exact) mass is 455 g/mol. The van der Waals surface area contributed by atoms with E-state index in [1.54, 1.807) is 0 Å². The van der Waals surface area contributed by atoms with Gasteiger partial charge in [-0.3, -0.25) is 5.41 Å². The van der Waals surface area contributed by atoms with Gasteiger partial charge in [0.1, 0.15) is 12.4 Å². The summed E-state index contributed by atoms with van der Waals surface area (Å²) in [5.74, 6) is 0.772. The van der Waals surface area contributed by atoms with E-state index >= 15 is 0 Å². The molecule has 0 saturated heterocycles. The summed E-state index contributed by atoms with van der Waals surface area (Å²) < 4.78 is 10.9. The van der Waals surface area contributed by atoms with Gasteiger partial charge in [0.15, 0.2) is 0 Å². The lowest BCUT2D eigenvalue weighted by Gasteiger charge is -2.08. The highest BCUT2D eigenvalue weighted by atomic mass is 79.9. The van der Waals surface area contributed by atoms with E-state index in [1.807, 2.05) is 69.8 Å². The van der Waals surface area contributed by atoms with Crippen LogP contribution in [0.2, 0.25) is 5.02 Å². The number of ether oxygens (including phenoxy) is 1. The van der Waals surface area contributed by atoms with Crippen LogP contribution < -0.4 is 10.4 Å². The van der Waals surface area contributed by atoms with Gasteiger partial charge in [-0.15, -0.1) is 0 Å². The SMILES string of the molecule is N=c1n(CCOc2ccc(Cl)cc2)c2ccccc2n1Cc1ccccc1Br. The molecule has 0 bridgehead atoms. The molecular weight excluding hydrogens is 438 g/mol. The van der Waals surface area contributed by atoms with Crippen LogP contribution in [0.3, 0.4) is 0 Å². The van der Waals surface area contributed by atoms with Gasteiger partial charge in [-0.25, -0.2) is 0 Å². The van der Waals surface area contributed by atoms with Crippen molar-refractivity contribution >= 4 is 38.6 Å². The van der Waals surface area contributed by atoms with Crippen molar-refractivity contribution in [1.29, 1.82) is 5.41 Å². The Morgan fingerprint density at radius 2 is 1.50 bits per heavy atom. The first kappa shape index (κ1) is 18.8. The molecule has 0 fully saturated rings. The molecule has 1 N–H and O–H groups in total. The molecule has 1 heterocycles. The highest BCUT2D eigenvalue weighted by Gasteiger charge is 2.12. The van der Waals surface area contributed by atoms with Crippen LogP contribution in [0.5, 0.6) is 5.75 Å². The maximum Gasteiger partial charge on any atom is 0.203 e. The molecule has 0 amide bonds. The van der Waals surface area contributed by atoms with Gasteiger partial charge in [-0.05, 0) is 48.0 Å². The quantitative estimate of drug-likeness (QED) is 0.411. The molecule has 0 saturated carbocycles. The van der Waals surface area contributed by atoms with Crippen LogP contribution in [0, 0.1) is 5.41 Å². The molecule has 1 aromatic heterocycles. The van der Waals surface area contributed by atoms with Crippen molar-refractivity contribution in [2.24, 2.45) is 0 Å². The van der Waals surface area contributed by atoms with Crippen molar-refractivity contribution in [3.05, 3.63) is 93.5 Å². The summed E-state index contributed by atoms with van der Waals surface area (Å²) in [4.78, 5) is 0. The van der Waals surface area contributed by atoms with Crippen molar-refractivity contribution in [2.75, 3.05) is 6.61 Å². The second-order valence-electron chi connectivity index (χ2n) is 6.44. The zero-order valence-electron chi connectivity index (χ0n) is 15.1. The molecule has 0 atom stereocenters. The first-order chi connectivity index (χ1) is 13.6. The minimum atomic E-state index is 0.455. The number of para-hydroxylation sites is 2. The molecular formula is C22H19BrClN3O. The number of hydrogen-bond donors (Lipinski definition) is 1. The topological polar surface area (TPSA) is 42.9 Å². The van der Waals surface area contributed by atoms with Gasteiger partial charge in [-0.2, -0.15) is 0 Å². The van der Waals surface area contributed by atoms with E-state index in [-0.39, 0.29) is 0 Å². The summed E-state index contributed by atoms with van der Waals surface area (Å²) in [7, 11) is 0. The van der Waals surface area contributed by atoms with E-state index in [0.29, 0.717) is 30.3 Å². The molecule has 4 nitrogen and oxygen atoms in total. The first-order valence-electron chi connectivity index (χ1n) is 8.98. The molecule has 28 heavy (non-hydrogen) atoms. The molecule has 0 spiro atoms. The second-order valence-corrected chi connectivity index (χ2v) is 7.73. The normalized spacial score (nSPS) is 11.1. The standard InChI is InChI=1S/C22H19BrClN3O/c23-19-6-2-1-5-16(19)15-27-21-8-4-3-7-20(21)26(22(27)25)13-14-28-18-11-9-17(24)10-12-18/h1-12,25H,13-15H2. The van der Waals surface area contributed by atoms with E-state index in [1.165, 1.54) is 0 Å². The predicted molar refractivity (Wildman–Crippen MR) is 116 cm³/mol. The molecule has 3 aromatic carbocycles. The maximum atomic E-state index is 8.74. The highest BCUT2D eigenvalue weighted by molar-refractivity contribution is 9.10. The summed E-state index contributed by atoms with van der Waals surface area (Å²) in [6, 6.07) is 23.6. The fourth-order valence-corrected chi connectivity index (χ4v) is 3.80. The predicted octanol–water partition coefficient (Wildman–Crippen LogP) is 5.47. The highest BCUT2D eigenvalue weighted by Crippen LogP contribution is 2.20. The van der Waals surface area contributed by atoms with Crippen LogP contribution in [0.25, 0.3) is 11.0 Å². The molecule has 142 valence electrons. The average molecular weight is 457 g/mol. The van der Waals surface area contributed by atoms with Crippen LogP contribution in [-0.2, 0) is 13.1 Å². The van der Waals surface area contributed by atoms with Crippen molar-refractivity contribution < 1.29 is 4.74 Å². The van der Waals surface area contributed by atoms with Gasteiger partial charge in [-0.1, -0.05) is 57.9 Å². The number of halogens is 2. The number of nitrogens with zero attached hydrogens (tertiary/aromatic N) is 2. The summed E-state index contributed by atoms with van der Waals surface area (Å²) in [6.07, 6.45) is 0. The number of imidazole rings is 1. The number of fused-ring (bicyclic) bond motifs is 1. The van der Waals surface area contributed by atoms with Gasteiger partial charge in [0.05, 0.1) is 24.1 Å². The second kappa shape index (κ2) is 8.25.